The fourth-order valence-corrected chi connectivity index (χ4v) is 9.13. The summed E-state index contributed by atoms with van der Waals surface area (Å²) in [5, 5.41) is 12.6. The molecule has 0 spiro atoms. The van der Waals surface area contributed by atoms with Gasteiger partial charge in [-0.05, 0) is 112 Å². The molecular formula is C47H30O. The van der Waals surface area contributed by atoms with Gasteiger partial charge in [0.2, 0.25) is 0 Å². The minimum atomic E-state index is -0.104. The van der Waals surface area contributed by atoms with E-state index in [1.807, 2.05) is 0 Å². The Kier molecular flexibility index (Phi) is 4.97. The van der Waals surface area contributed by atoms with Gasteiger partial charge >= 0.3 is 0 Å². The largest absolute Gasteiger partial charge is 0.456 e. The topological polar surface area (TPSA) is 13.1 Å². The molecule has 0 unspecified atom stereocenters. The maximum atomic E-state index is 6.37. The molecule has 0 fully saturated rings. The van der Waals surface area contributed by atoms with E-state index >= 15 is 0 Å². The summed E-state index contributed by atoms with van der Waals surface area (Å²) in [6.07, 6.45) is 0. The van der Waals surface area contributed by atoms with Crippen LogP contribution in [0.5, 0.6) is 0 Å². The molecule has 0 aliphatic heterocycles. The molecule has 1 aliphatic carbocycles. The number of rotatable bonds is 2. The van der Waals surface area contributed by atoms with Crippen LogP contribution in [0.25, 0.3) is 98.4 Å². The number of hydrogen-bond acceptors (Lipinski definition) is 1. The third-order valence-electron chi connectivity index (χ3n) is 11.2. The van der Waals surface area contributed by atoms with Gasteiger partial charge in [0, 0.05) is 16.2 Å². The zero-order chi connectivity index (χ0) is 31.7. The average molecular weight is 611 g/mol. The summed E-state index contributed by atoms with van der Waals surface area (Å²) in [6.45, 7) is 4.77. The second kappa shape index (κ2) is 9.12. The van der Waals surface area contributed by atoms with Crippen LogP contribution in [-0.4, -0.2) is 0 Å². The first-order chi connectivity index (χ1) is 23.6. The van der Waals surface area contributed by atoms with Gasteiger partial charge in [0.15, 0.2) is 0 Å². The molecule has 9 aromatic carbocycles. The van der Waals surface area contributed by atoms with Crippen LogP contribution in [-0.2, 0) is 5.41 Å². The zero-order valence-electron chi connectivity index (χ0n) is 26.8. The molecule has 0 amide bonds. The molecular weight excluding hydrogens is 581 g/mol. The van der Waals surface area contributed by atoms with Gasteiger partial charge in [0.05, 0.1) is 0 Å². The van der Waals surface area contributed by atoms with Gasteiger partial charge in [-0.2, -0.15) is 0 Å². The maximum Gasteiger partial charge on any atom is 0.136 e. The molecule has 0 radical (unpaired) electrons. The molecule has 1 heterocycles. The summed E-state index contributed by atoms with van der Waals surface area (Å²) in [5.41, 5.74) is 12.4. The Labute approximate surface area is 278 Å². The Morgan fingerprint density at radius 3 is 1.67 bits per heavy atom. The predicted octanol–water partition coefficient (Wildman–Crippen LogP) is 13.3. The standard InChI is InChI=1S/C47H30O/c1-47(2)38-20-10-9-19-36(38)45-29-14-4-3-13-28(29)37(26-39(45)47)44-32-17-7-5-15-30(32)43(31-16-6-8-18-33(31)44)34-24-25-41-46-35(34)23-22-27-12-11-21-40(48-41)42(27)46/h3-26H,1-2H3. The molecule has 1 aliphatic rings. The fraction of sp³-hybridized carbons (Fsp3) is 0.0638. The van der Waals surface area contributed by atoms with Crippen LogP contribution in [0.1, 0.15) is 25.0 Å². The molecule has 0 bridgehead atoms. The van der Waals surface area contributed by atoms with Crippen molar-refractivity contribution in [3.63, 3.8) is 0 Å². The molecule has 0 saturated heterocycles. The van der Waals surface area contributed by atoms with E-state index in [-0.39, 0.29) is 5.41 Å². The lowest BCUT2D eigenvalue weighted by Gasteiger charge is -2.24. The average Bonchev–Trinajstić information content (AvgIpc) is 3.62. The van der Waals surface area contributed by atoms with Crippen molar-refractivity contribution in [1.29, 1.82) is 0 Å². The summed E-state index contributed by atoms with van der Waals surface area (Å²) in [5.74, 6) is 0. The van der Waals surface area contributed by atoms with Crippen molar-refractivity contribution < 1.29 is 4.42 Å². The highest BCUT2D eigenvalue weighted by molar-refractivity contribution is 6.29. The van der Waals surface area contributed by atoms with E-state index in [2.05, 4.69) is 159 Å². The molecule has 10 aromatic rings. The van der Waals surface area contributed by atoms with E-state index in [0.717, 1.165) is 11.2 Å². The lowest BCUT2D eigenvalue weighted by molar-refractivity contribution is 0.661. The van der Waals surface area contributed by atoms with Crippen LogP contribution in [0, 0.1) is 0 Å². The number of hydrogen-bond donors (Lipinski definition) is 0. The summed E-state index contributed by atoms with van der Waals surface area (Å²) < 4.78 is 6.37. The van der Waals surface area contributed by atoms with Gasteiger partial charge in [-0.3, -0.25) is 0 Å². The number of furan rings is 1. The second-order valence-electron chi connectivity index (χ2n) is 14.0. The second-order valence-corrected chi connectivity index (χ2v) is 14.0. The first-order valence-corrected chi connectivity index (χ1v) is 16.9. The smallest absolute Gasteiger partial charge is 0.136 e. The molecule has 0 saturated carbocycles. The van der Waals surface area contributed by atoms with E-state index in [1.165, 1.54) is 98.4 Å². The quantitative estimate of drug-likeness (QED) is 0.140. The number of fused-ring (bicyclic) bond motifs is 7. The van der Waals surface area contributed by atoms with E-state index < -0.39 is 0 Å². The monoisotopic (exact) mass is 610 g/mol. The highest BCUT2D eigenvalue weighted by atomic mass is 16.3. The van der Waals surface area contributed by atoms with Crippen LogP contribution in [0.3, 0.4) is 0 Å². The molecule has 0 atom stereocenters. The van der Waals surface area contributed by atoms with Crippen LogP contribution < -0.4 is 0 Å². The van der Waals surface area contributed by atoms with E-state index in [9.17, 15) is 0 Å². The summed E-state index contributed by atoms with van der Waals surface area (Å²) in [6, 6.07) is 53.9. The van der Waals surface area contributed by atoms with Crippen molar-refractivity contribution in [2.45, 2.75) is 19.3 Å². The van der Waals surface area contributed by atoms with E-state index in [1.54, 1.807) is 0 Å². The Morgan fingerprint density at radius 2 is 0.958 bits per heavy atom. The van der Waals surface area contributed by atoms with Crippen LogP contribution in [0.15, 0.2) is 150 Å². The zero-order valence-corrected chi connectivity index (χ0v) is 26.8. The Balaban J connectivity index is 1.29. The fourth-order valence-electron chi connectivity index (χ4n) is 9.13. The Morgan fingerprint density at radius 1 is 0.375 bits per heavy atom. The van der Waals surface area contributed by atoms with Gasteiger partial charge in [-0.1, -0.05) is 135 Å². The minimum absolute atomic E-state index is 0.104. The molecule has 224 valence electrons. The molecule has 48 heavy (non-hydrogen) atoms. The lowest BCUT2D eigenvalue weighted by Crippen LogP contribution is -2.15. The van der Waals surface area contributed by atoms with E-state index in [0.29, 0.717) is 0 Å². The van der Waals surface area contributed by atoms with Crippen molar-refractivity contribution in [3.05, 3.63) is 157 Å². The molecule has 1 heteroatoms. The molecule has 1 nitrogen and oxygen atoms in total. The SMILES string of the molecule is CC1(C)c2ccccc2-c2c1cc(-c1c3ccccc3c(-c3ccc4oc5cccc6ccc3c4c65)c3ccccc13)c1ccccc21. The number of benzene rings is 9. The summed E-state index contributed by atoms with van der Waals surface area (Å²) in [7, 11) is 0. The highest BCUT2D eigenvalue weighted by Gasteiger charge is 2.37. The van der Waals surface area contributed by atoms with Crippen molar-refractivity contribution in [1.82, 2.24) is 0 Å². The third-order valence-corrected chi connectivity index (χ3v) is 11.2. The molecule has 0 N–H and O–H groups in total. The van der Waals surface area contributed by atoms with Crippen molar-refractivity contribution >= 4 is 65.0 Å². The maximum absolute atomic E-state index is 6.37. The van der Waals surface area contributed by atoms with Crippen molar-refractivity contribution in [3.8, 4) is 33.4 Å². The van der Waals surface area contributed by atoms with E-state index in [4.69, 9.17) is 4.42 Å². The third kappa shape index (κ3) is 3.21. The molecule has 11 rings (SSSR count). The van der Waals surface area contributed by atoms with Crippen molar-refractivity contribution in [2.24, 2.45) is 0 Å². The first kappa shape index (κ1) is 26.2. The van der Waals surface area contributed by atoms with Gasteiger partial charge in [-0.15, -0.1) is 0 Å². The normalized spacial score (nSPS) is 13.8. The Bertz CT molecular complexity index is 2910. The highest BCUT2D eigenvalue weighted by Crippen LogP contribution is 2.55. The Hall–Kier alpha value is -5.92. The van der Waals surface area contributed by atoms with Crippen LogP contribution >= 0.6 is 0 Å². The van der Waals surface area contributed by atoms with Gasteiger partial charge in [0.1, 0.15) is 11.2 Å². The predicted molar refractivity (Wildman–Crippen MR) is 203 cm³/mol. The van der Waals surface area contributed by atoms with Crippen LogP contribution in [0.4, 0.5) is 0 Å². The summed E-state index contributed by atoms with van der Waals surface area (Å²) in [4.78, 5) is 0. The minimum Gasteiger partial charge on any atom is -0.456 e. The van der Waals surface area contributed by atoms with Gasteiger partial charge in [-0.25, -0.2) is 0 Å². The van der Waals surface area contributed by atoms with Gasteiger partial charge in [0.25, 0.3) is 0 Å². The van der Waals surface area contributed by atoms with Crippen LogP contribution in [0.2, 0.25) is 0 Å². The lowest BCUT2D eigenvalue weighted by atomic mass is 9.78. The van der Waals surface area contributed by atoms with Crippen molar-refractivity contribution in [2.75, 3.05) is 0 Å². The van der Waals surface area contributed by atoms with Gasteiger partial charge < -0.3 is 4.42 Å². The summed E-state index contributed by atoms with van der Waals surface area (Å²) >= 11 is 0. The molecule has 1 aromatic heterocycles. The first-order valence-electron chi connectivity index (χ1n) is 16.9.